The minimum absolute atomic E-state index is 0.199. The van der Waals surface area contributed by atoms with Crippen LogP contribution in [0.3, 0.4) is 0 Å². The summed E-state index contributed by atoms with van der Waals surface area (Å²) in [5, 5.41) is 11.3. The Morgan fingerprint density at radius 1 is 1.70 bits per heavy atom. The Labute approximate surface area is 128 Å². The number of nitrogens with two attached hydrogens (primary N) is 1. The van der Waals surface area contributed by atoms with Crippen molar-refractivity contribution in [2.24, 2.45) is 11.7 Å². The maximum absolute atomic E-state index is 12.0. The number of rotatable bonds is 7. The van der Waals surface area contributed by atoms with Crippen molar-refractivity contribution in [2.45, 2.75) is 55.5 Å². The molecular formula is C13H22N4OS2. The molecule has 1 aromatic rings. The standard InChI is InChI=1S/C13H22N4OS2/c1-9(2)16-13(11(14)18)6-3-4-10(13)5-7-19-12-17-15-8-20-12/h8-10,16H,3-7H2,1-2H3,(H2,14,18). The molecule has 1 aliphatic rings. The van der Waals surface area contributed by atoms with Gasteiger partial charge in [-0.2, -0.15) is 0 Å². The summed E-state index contributed by atoms with van der Waals surface area (Å²) < 4.78 is 0.990. The maximum atomic E-state index is 12.0. The number of hydrogen-bond donors (Lipinski definition) is 2. The van der Waals surface area contributed by atoms with Crippen LogP contribution >= 0.6 is 23.1 Å². The Balaban J connectivity index is 1.95. The molecule has 0 spiro atoms. The van der Waals surface area contributed by atoms with Gasteiger partial charge >= 0.3 is 0 Å². The minimum atomic E-state index is -0.518. The molecular weight excluding hydrogens is 292 g/mol. The first-order valence-electron chi connectivity index (χ1n) is 7.01. The third-order valence-electron chi connectivity index (χ3n) is 3.84. The Bertz CT molecular complexity index is 438. The van der Waals surface area contributed by atoms with E-state index in [0.717, 1.165) is 35.8 Å². The molecule has 3 N–H and O–H groups in total. The fraction of sp³-hybridized carbons (Fsp3) is 0.769. The number of hydrogen-bond acceptors (Lipinski definition) is 6. The van der Waals surface area contributed by atoms with Crippen molar-refractivity contribution in [2.75, 3.05) is 5.75 Å². The van der Waals surface area contributed by atoms with Crippen LogP contribution in [0, 0.1) is 5.92 Å². The summed E-state index contributed by atoms with van der Waals surface area (Å²) in [4.78, 5) is 12.0. The second kappa shape index (κ2) is 6.87. The number of primary amides is 1. The van der Waals surface area contributed by atoms with E-state index >= 15 is 0 Å². The van der Waals surface area contributed by atoms with Gasteiger partial charge in [0.2, 0.25) is 5.91 Å². The molecule has 2 atom stereocenters. The predicted octanol–water partition coefficient (Wildman–Crippen LogP) is 2.04. The summed E-state index contributed by atoms with van der Waals surface area (Å²) >= 11 is 3.27. The van der Waals surface area contributed by atoms with Gasteiger partial charge in [-0.05, 0) is 39.0 Å². The van der Waals surface area contributed by atoms with Gasteiger partial charge in [0.15, 0.2) is 4.34 Å². The van der Waals surface area contributed by atoms with Crippen LogP contribution < -0.4 is 11.1 Å². The van der Waals surface area contributed by atoms with E-state index < -0.39 is 5.54 Å². The van der Waals surface area contributed by atoms with E-state index in [1.165, 1.54) is 0 Å². The summed E-state index contributed by atoms with van der Waals surface area (Å²) in [6, 6.07) is 0.263. The fourth-order valence-corrected chi connectivity index (χ4v) is 4.70. The van der Waals surface area contributed by atoms with Gasteiger partial charge in [-0.25, -0.2) is 0 Å². The molecule has 1 amide bonds. The van der Waals surface area contributed by atoms with Crippen LogP contribution in [0.5, 0.6) is 0 Å². The van der Waals surface area contributed by atoms with Crippen molar-refractivity contribution < 1.29 is 4.79 Å². The first kappa shape index (κ1) is 15.7. The molecule has 0 radical (unpaired) electrons. The van der Waals surface area contributed by atoms with Gasteiger partial charge < -0.3 is 11.1 Å². The average molecular weight is 314 g/mol. The summed E-state index contributed by atoms with van der Waals surface area (Å²) in [7, 11) is 0. The van der Waals surface area contributed by atoms with Gasteiger partial charge in [0.25, 0.3) is 0 Å². The average Bonchev–Trinajstić information content (AvgIpc) is 2.99. The number of nitrogens with zero attached hydrogens (tertiary/aromatic N) is 2. The summed E-state index contributed by atoms with van der Waals surface area (Å²) in [6.45, 7) is 4.13. The zero-order valence-electron chi connectivity index (χ0n) is 12.0. The molecule has 112 valence electrons. The van der Waals surface area contributed by atoms with Crippen LogP contribution in [0.15, 0.2) is 9.85 Å². The fourth-order valence-electron chi connectivity index (χ4n) is 3.08. The number of thioether (sulfide) groups is 1. The lowest BCUT2D eigenvalue weighted by atomic mass is 9.83. The molecule has 1 saturated carbocycles. The predicted molar refractivity (Wildman–Crippen MR) is 82.8 cm³/mol. The van der Waals surface area contributed by atoms with Crippen LogP contribution in [0.2, 0.25) is 0 Å². The van der Waals surface area contributed by atoms with E-state index in [2.05, 4.69) is 29.4 Å². The third kappa shape index (κ3) is 3.51. The van der Waals surface area contributed by atoms with E-state index in [-0.39, 0.29) is 11.9 Å². The Kier molecular flexibility index (Phi) is 5.40. The monoisotopic (exact) mass is 314 g/mol. The highest BCUT2D eigenvalue weighted by Gasteiger charge is 2.47. The summed E-state index contributed by atoms with van der Waals surface area (Å²) in [6.07, 6.45) is 3.97. The first-order chi connectivity index (χ1) is 9.54. The quantitative estimate of drug-likeness (QED) is 0.753. The maximum Gasteiger partial charge on any atom is 0.238 e. The van der Waals surface area contributed by atoms with E-state index in [9.17, 15) is 4.79 Å². The molecule has 7 heteroatoms. The molecule has 1 aromatic heterocycles. The Morgan fingerprint density at radius 3 is 3.10 bits per heavy atom. The highest BCUT2D eigenvalue weighted by molar-refractivity contribution is 8.00. The van der Waals surface area contributed by atoms with Crippen molar-refractivity contribution in [3.05, 3.63) is 5.51 Å². The highest BCUT2D eigenvalue weighted by Crippen LogP contribution is 2.39. The van der Waals surface area contributed by atoms with E-state index in [4.69, 9.17) is 5.73 Å². The second-order valence-corrected chi connectivity index (χ2v) is 7.74. The Morgan fingerprint density at radius 2 is 2.50 bits per heavy atom. The number of carbonyl (C=O) groups excluding carboxylic acids is 1. The molecule has 2 rings (SSSR count). The Hall–Kier alpha value is -0.660. The van der Waals surface area contributed by atoms with Crippen LogP contribution in [0.25, 0.3) is 0 Å². The summed E-state index contributed by atoms with van der Waals surface area (Å²) in [5.74, 6) is 1.08. The second-order valence-electron chi connectivity index (χ2n) is 5.57. The zero-order chi connectivity index (χ0) is 14.6. The molecule has 0 bridgehead atoms. The topological polar surface area (TPSA) is 80.9 Å². The van der Waals surface area contributed by atoms with Crippen molar-refractivity contribution in [3.63, 3.8) is 0 Å². The van der Waals surface area contributed by atoms with E-state index in [1.54, 1.807) is 28.6 Å². The molecule has 1 aliphatic carbocycles. The van der Waals surface area contributed by atoms with E-state index in [1.807, 2.05) is 0 Å². The van der Waals surface area contributed by atoms with Crippen molar-refractivity contribution in [1.29, 1.82) is 0 Å². The molecule has 1 fully saturated rings. The van der Waals surface area contributed by atoms with Gasteiger partial charge in [-0.15, -0.1) is 10.2 Å². The minimum Gasteiger partial charge on any atom is -0.368 e. The van der Waals surface area contributed by atoms with Crippen LogP contribution in [0.4, 0.5) is 0 Å². The normalized spacial score (nSPS) is 26.2. The van der Waals surface area contributed by atoms with Crippen LogP contribution in [-0.4, -0.2) is 33.4 Å². The lowest BCUT2D eigenvalue weighted by molar-refractivity contribution is -0.126. The van der Waals surface area contributed by atoms with Gasteiger partial charge in [0.1, 0.15) is 11.0 Å². The number of carbonyl (C=O) groups is 1. The molecule has 0 aromatic carbocycles. The smallest absolute Gasteiger partial charge is 0.238 e. The lowest BCUT2D eigenvalue weighted by Gasteiger charge is -2.35. The van der Waals surface area contributed by atoms with Crippen molar-refractivity contribution in [1.82, 2.24) is 15.5 Å². The molecule has 0 saturated heterocycles. The highest BCUT2D eigenvalue weighted by atomic mass is 32.2. The largest absolute Gasteiger partial charge is 0.368 e. The van der Waals surface area contributed by atoms with E-state index in [0.29, 0.717) is 5.92 Å². The van der Waals surface area contributed by atoms with Gasteiger partial charge in [-0.3, -0.25) is 4.79 Å². The SMILES string of the molecule is CC(C)NC1(C(N)=O)CCCC1CCSc1nncs1. The number of nitrogens with one attached hydrogen (secondary N) is 1. The lowest BCUT2D eigenvalue weighted by Crippen LogP contribution is -2.60. The zero-order valence-corrected chi connectivity index (χ0v) is 13.6. The first-order valence-corrected chi connectivity index (χ1v) is 8.87. The molecule has 20 heavy (non-hydrogen) atoms. The number of aromatic nitrogens is 2. The number of amides is 1. The van der Waals surface area contributed by atoms with Crippen molar-refractivity contribution in [3.8, 4) is 0 Å². The van der Waals surface area contributed by atoms with Crippen LogP contribution in [-0.2, 0) is 4.79 Å². The van der Waals surface area contributed by atoms with Gasteiger partial charge in [0.05, 0.1) is 0 Å². The molecule has 1 heterocycles. The van der Waals surface area contributed by atoms with Gasteiger partial charge in [-0.1, -0.05) is 29.5 Å². The summed E-state index contributed by atoms with van der Waals surface area (Å²) in [5.41, 5.74) is 6.93. The molecule has 2 unspecified atom stereocenters. The van der Waals surface area contributed by atoms with Crippen molar-refractivity contribution >= 4 is 29.0 Å². The van der Waals surface area contributed by atoms with Crippen LogP contribution in [0.1, 0.15) is 39.5 Å². The third-order valence-corrected chi connectivity index (χ3v) is 5.73. The molecule has 0 aliphatic heterocycles. The molecule has 5 nitrogen and oxygen atoms in total. The van der Waals surface area contributed by atoms with Gasteiger partial charge in [0, 0.05) is 11.8 Å².